The average molecular weight is 489 g/mol. The number of nitrogens with one attached hydrogen (secondary N) is 2. The number of alkyl halides is 3. The van der Waals surface area contributed by atoms with E-state index in [1.165, 1.54) is 6.07 Å². The molecule has 0 atom stereocenters. The second-order valence-electron chi connectivity index (χ2n) is 7.10. The van der Waals surface area contributed by atoms with Crippen molar-refractivity contribution in [2.45, 2.75) is 19.0 Å². The molecule has 4 rings (SSSR count). The summed E-state index contributed by atoms with van der Waals surface area (Å²) in [6.45, 7) is 0. The van der Waals surface area contributed by atoms with Gasteiger partial charge in [-0.25, -0.2) is 0 Å². The van der Waals surface area contributed by atoms with Crippen molar-refractivity contribution in [1.82, 2.24) is 25.6 Å². The fraction of sp³-hybridized carbons (Fsp3) is 0.136. The van der Waals surface area contributed by atoms with Gasteiger partial charge in [-0.15, -0.1) is 10.2 Å². The van der Waals surface area contributed by atoms with E-state index in [2.05, 4.69) is 30.9 Å². The topological polar surface area (TPSA) is 106 Å². The number of halogens is 4. The molecule has 0 spiro atoms. The number of pyridine rings is 1. The number of aryl methyl sites for hydroxylation is 1. The summed E-state index contributed by atoms with van der Waals surface area (Å²) >= 11 is 5.60. The van der Waals surface area contributed by atoms with Crippen LogP contribution in [0, 0.1) is 0 Å². The zero-order chi connectivity index (χ0) is 24.1. The lowest BCUT2D eigenvalue weighted by atomic mass is 10.1. The number of aromatic nitrogens is 5. The number of benzene rings is 2. The monoisotopic (exact) mass is 488 g/mol. The molecular formula is C22H16ClF3N6O2. The first-order chi connectivity index (χ1) is 16.3. The molecular weight excluding hydrogens is 473 g/mol. The third-order valence-electron chi connectivity index (χ3n) is 4.66. The highest BCUT2D eigenvalue weighted by Crippen LogP contribution is 2.36. The van der Waals surface area contributed by atoms with Gasteiger partial charge in [0.25, 0.3) is 0 Å². The van der Waals surface area contributed by atoms with Gasteiger partial charge in [-0.3, -0.25) is 9.78 Å². The van der Waals surface area contributed by atoms with Gasteiger partial charge in [-0.1, -0.05) is 23.7 Å². The predicted molar refractivity (Wildman–Crippen MR) is 117 cm³/mol. The van der Waals surface area contributed by atoms with Crippen LogP contribution in [-0.4, -0.2) is 31.5 Å². The minimum absolute atomic E-state index is 0.0306. The van der Waals surface area contributed by atoms with Crippen LogP contribution in [0.4, 0.5) is 18.9 Å². The summed E-state index contributed by atoms with van der Waals surface area (Å²) in [5.74, 6) is 1.02. The Bertz CT molecular complexity index is 1280. The number of carbonyl (C=O) groups excluding carboxylic acids is 1. The molecule has 0 aliphatic heterocycles. The zero-order valence-electron chi connectivity index (χ0n) is 17.3. The molecule has 0 radical (unpaired) electrons. The molecule has 0 aliphatic rings. The second-order valence-corrected chi connectivity index (χ2v) is 7.51. The standard InChI is InChI=1S/C22H16ClF3N6O2/c23-18-7-4-14(11-17(18)22(24,25)26)28-20(33)8-3-13-1-5-15(6-2-13)34-16-9-10-27-19(12-16)21-29-31-32-30-21/h1-2,4-7,9-12H,3,8H2,(H,28,33)(H,29,30,31,32). The molecule has 0 saturated heterocycles. The maximum atomic E-state index is 13.0. The molecule has 2 heterocycles. The van der Waals surface area contributed by atoms with E-state index in [-0.39, 0.29) is 12.1 Å². The lowest BCUT2D eigenvalue weighted by Crippen LogP contribution is -2.13. The van der Waals surface area contributed by atoms with Crippen LogP contribution >= 0.6 is 11.6 Å². The first-order valence-electron chi connectivity index (χ1n) is 9.91. The number of amides is 1. The molecule has 4 aromatic rings. The number of aromatic amines is 1. The van der Waals surface area contributed by atoms with Crippen LogP contribution in [0.25, 0.3) is 11.5 Å². The molecule has 0 fully saturated rings. The van der Waals surface area contributed by atoms with Gasteiger partial charge >= 0.3 is 6.18 Å². The Balaban J connectivity index is 1.32. The van der Waals surface area contributed by atoms with Crippen LogP contribution < -0.4 is 10.1 Å². The Hall–Kier alpha value is -3.99. The first kappa shape index (κ1) is 23.2. The fourth-order valence-corrected chi connectivity index (χ4v) is 3.25. The minimum atomic E-state index is -4.60. The Morgan fingerprint density at radius 3 is 2.56 bits per heavy atom. The maximum Gasteiger partial charge on any atom is 0.417 e. The van der Waals surface area contributed by atoms with Gasteiger partial charge in [0.1, 0.15) is 17.2 Å². The molecule has 2 aromatic carbocycles. The normalized spacial score (nSPS) is 11.3. The van der Waals surface area contributed by atoms with Gasteiger partial charge in [0, 0.05) is 24.4 Å². The van der Waals surface area contributed by atoms with Crippen molar-refractivity contribution in [3.8, 4) is 23.0 Å². The zero-order valence-corrected chi connectivity index (χ0v) is 18.1. The second kappa shape index (κ2) is 9.87. The Labute approximate surface area is 196 Å². The lowest BCUT2D eigenvalue weighted by molar-refractivity contribution is -0.137. The van der Waals surface area contributed by atoms with E-state index in [0.717, 1.165) is 17.7 Å². The summed E-state index contributed by atoms with van der Waals surface area (Å²) in [7, 11) is 0. The van der Waals surface area contributed by atoms with E-state index in [4.69, 9.17) is 16.3 Å². The molecule has 12 heteroatoms. The van der Waals surface area contributed by atoms with Crippen LogP contribution in [0.1, 0.15) is 17.5 Å². The molecule has 8 nitrogen and oxygen atoms in total. The number of anilines is 1. The first-order valence-corrected chi connectivity index (χ1v) is 10.3. The molecule has 0 unspecified atom stereocenters. The molecule has 34 heavy (non-hydrogen) atoms. The summed E-state index contributed by atoms with van der Waals surface area (Å²) in [4.78, 5) is 16.4. The molecule has 174 valence electrons. The molecule has 1 amide bonds. The summed E-state index contributed by atoms with van der Waals surface area (Å²) in [5.41, 5.74) is 0.387. The average Bonchev–Trinajstić information content (AvgIpc) is 3.35. The van der Waals surface area contributed by atoms with Crippen molar-refractivity contribution in [2.75, 3.05) is 5.32 Å². The number of hydrogen-bond acceptors (Lipinski definition) is 6. The third kappa shape index (κ3) is 5.87. The van der Waals surface area contributed by atoms with E-state index in [0.29, 0.717) is 29.4 Å². The number of carbonyl (C=O) groups is 1. The van der Waals surface area contributed by atoms with E-state index in [1.807, 2.05) is 0 Å². The van der Waals surface area contributed by atoms with Crippen molar-refractivity contribution in [1.29, 1.82) is 0 Å². The van der Waals surface area contributed by atoms with Crippen LogP contribution in [0.2, 0.25) is 5.02 Å². The van der Waals surface area contributed by atoms with Crippen molar-refractivity contribution in [2.24, 2.45) is 0 Å². The number of H-pyrrole nitrogens is 1. The number of ether oxygens (including phenoxy) is 1. The van der Waals surface area contributed by atoms with Crippen LogP contribution in [-0.2, 0) is 17.4 Å². The quantitative estimate of drug-likeness (QED) is 0.366. The van der Waals surface area contributed by atoms with Crippen LogP contribution in [0.3, 0.4) is 0 Å². The van der Waals surface area contributed by atoms with Gasteiger partial charge in [0.2, 0.25) is 11.7 Å². The highest BCUT2D eigenvalue weighted by atomic mass is 35.5. The van der Waals surface area contributed by atoms with E-state index < -0.39 is 22.7 Å². The lowest BCUT2D eigenvalue weighted by Gasteiger charge is -2.12. The summed E-state index contributed by atoms with van der Waals surface area (Å²) in [6, 6.07) is 13.7. The van der Waals surface area contributed by atoms with Crippen LogP contribution in [0.15, 0.2) is 60.8 Å². The number of hydrogen-bond donors (Lipinski definition) is 2. The van der Waals surface area contributed by atoms with Crippen molar-refractivity contribution in [3.63, 3.8) is 0 Å². The molecule has 2 N–H and O–H groups in total. The largest absolute Gasteiger partial charge is 0.457 e. The number of tetrazole rings is 1. The molecule has 2 aromatic heterocycles. The van der Waals surface area contributed by atoms with Crippen molar-refractivity contribution >= 4 is 23.2 Å². The summed E-state index contributed by atoms with van der Waals surface area (Å²) in [6.07, 6.45) is -2.56. The van der Waals surface area contributed by atoms with Crippen molar-refractivity contribution < 1.29 is 22.7 Å². The SMILES string of the molecule is O=C(CCc1ccc(Oc2ccnc(-c3nn[nH]n3)c2)cc1)Nc1ccc(Cl)c(C(F)(F)F)c1. The summed E-state index contributed by atoms with van der Waals surface area (Å²) < 4.78 is 44.7. The predicted octanol–water partition coefficient (Wildman–Crippen LogP) is 5.30. The summed E-state index contributed by atoms with van der Waals surface area (Å²) in [5, 5.41) is 15.6. The minimum Gasteiger partial charge on any atom is -0.457 e. The maximum absolute atomic E-state index is 13.0. The van der Waals surface area contributed by atoms with E-state index in [9.17, 15) is 18.0 Å². The van der Waals surface area contributed by atoms with Gasteiger partial charge in [0.15, 0.2) is 0 Å². The Morgan fingerprint density at radius 1 is 1.06 bits per heavy atom. The van der Waals surface area contributed by atoms with Gasteiger partial charge < -0.3 is 10.1 Å². The molecule has 0 bridgehead atoms. The fourth-order valence-electron chi connectivity index (χ4n) is 3.03. The third-order valence-corrected chi connectivity index (χ3v) is 4.99. The van der Waals surface area contributed by atoms with Crippen LogP contribution in [0.5, 0.6) is 11.5 Å². The smallest absolute Gasteiger partial charge is 0.417 e. The molecule has 0 aliphatic carbocycles. The van der Waals surface area contributed by atoms with Gasteiger partial charge in [0.05, 0.1) is 10.6 Å². The highest BCUT2D eigenvalue weighted by molar-refractivity contribution is 6.31. The van der Waals surface area contributed by atoms with Gasteiger partial charge in [-0.2, -0.15) is 18.4 Å². The van der Waals surface area contributed by atoms with Gasteiger partial charge in [-0.05, 0) is 53.6 Å². The van der Waals surface area contributed by atoms with E-state index >= 15 is 0 Å². The molecule has 0 saturated carbocycles. The number of rotatable bonds is 7. The highest BCUT2D eigenvalue weighted by Gasteiger charge is 2.33. The number of nitrogens with zero attached hydrogens (tertiary/aromatic N) is 4. The Kier molecular flexibility index (Phi) is 6.73. The van der Waals surface area contributed by atoms with Crippen molar-refractivity contribution in [3.05, 3.63) is 76.9 Å². The Morgan fingerprint density at radius 2 is 1.85 bits per heavy atom. The van der Waals surface area contributed by atoms with E-state index in [1.54, 1.807) is 42.6 Å².